The van der Waals surface area contributed by atoms with Gasteiger partial charge in [-0.15, -0.1) is 0 Å². The molecule has 2 atom stereocenters. The first-order chi connectivity index (χ1) is 11.1. The number of hydrogen-bond donors (Lipinski definition) is 0. The Morgan fingerprint density at radius 2 is 1.26 bits per heavy atom. The van der Waals surface area contributed by atoms with Gasteiger partial charge in [-0.1, -0.05) is 0 Å². The molecule has 0 N–H and O–H groups in total. The fourth-order valence-electron chi connectivity index (χ4n) is 3.05. The van der Waals surface area contributed by atoms with Crippen LogP contribution in [-0.4, -0.2) is 106 Å². The molecule has 0 radical (unpaired) electrons. The minimum Gasteiger partial charge on any atom is -0.364 e. The number of hydrogen-bond acceptors (Lipinski definition) is 6. The van der Waals surface area contributed by atoms with E-state index in [1.807, 2.05) is 0 Å². The van der Waals surface area contributed by atoms with Crippen molar-refractivity contribution in [3.63, 3.8) is 0 Å². The summed E-state index contributed by atoms with van der Waals surface area (Å²) in [6.45, 7) is 0.775. The van der Waals surface area contributed by atoms with Crippen LogP contribution in [0.2, 0.25) is 0 Å². The maximum absolute atomic E-state index is 12.6. The van der Waals surface area contributed by atoms with E-state index in [1.54, 1.807) is 4.90 Å². The Morgan fingerprint density at radius 1 is 0.783 bits per heavy atom. The molecule has 2 fully saturated rings. The van der Waals surface area contributed by atoms with Gasteiger partial charge in [-0.05, 0) is 0 Å². The third-order valence-electron chi connectivity index (χ3n) is 3.89. The van der Waals surface area contributed by atoms with E-state index in [0.717, 1.165) is 0 Å². The average Bonchev–Trinajstić information content (AvgIpc) is 2.78. The summed E-state index contributed by atoms with van der Waals surface area (Å²) in [6.07, 6.45) is -0.474. The van der Waals surface area contributed by atoms with Gasteiger partial charge in [-0.2, -0.15) is 0 Å². The van der Waals surface area contributed by atoms with Crippen LogP contribution in [0.5, 0.6) is 0 Å². The highest BCUT2D eigenvalue weighted by Gasteiger charge is 2.54. The van der Waals surface area contributed by atoms with Crippen molar-refractivity contribution in [2.24, 2.45) is 0 Å². The van der Waals surface area contributed by atoms with Crippen molar-refractivity contribution in [1.82, 2.24) is 19.6 Å². The Kier molecular flexibility index (Phi) is 5.99. The van der Waals surface area contributed by atoms with E-state index < -0.39 is 6.17 Å². The predicted octanol–water partition coefficient (Wildman–Crippen LogP) is -0.428. The number of amides is 4. The van der Waals surface area contributed by atoms with Crippen molar-refractivity contribution in [2.75, 3.05) is 61.9 Å². The van der Waals surface area contributed by atoms with Crippen LogP contribution in [0.4, 0.5) is 9.59 Å². The van der Waals surface area contributed by atoms with Crippen LogP contribution in [0.15, 0.2) is 0 Å². The summed E-state index contributed by atoms with van der Waals surface area (Å²) in [4.78, 5) is 31.4. The quantitative estimate of drug-likeness (QED) is 0.600. The molecule has 2 aliphatic heterocycles. The van der Waals surface area contributed by atoms with Gasteiger partial charge in [-0.25, -0.2) is 9.59 Å². The molecule has 132 valence electrons. The maximum Gasteiger partial charge on any atom is 0.325 e. The zero-order valence-corrected chi connectivity index (χ0v) is 13.9. The zero-order valence-electron chi connectivity index (χ0n) is 13.9. The molecule has 10 nitrogen and oxygen atoms in total. The lowest BCUT2D eigenvalue weighted by Crippen LogP contribution is -2.65. The molecule has 0 aromatic rings. The first-order valence-electron chi connectivity index (χ1n) is 7.19. The molecule has 23 heavy (non-hydrogen) atoms. The van der Waals surface area contributed by atoms with Gasteiger partial charge >= 0.3 is 12.1 Å². The number of urea groups is 2. The number of ether oxygens (including phenoxy) is 4. The van der Waals surface area contributed by atoms with Crippen LogP contribution < -0.4 is 0 Å². The predicted molar refractivity (Wildman–Crippen MR) is 78.1 cm³/mol. The minimum atomic E-state index is -0.474. The summed E-state index contributed by atoms with van der Waals surface area (Å²) >= 11 is 0. The summed E-state index contributed by atoms with van der Waals surface area (Å²) < 4.78 is 20.5. The molecule has 0 aromatic heterocycles. The summed E-state index contributed by atoms with van der Waals surface area (Å²) in [7, 11) is 6.05. The Hall–Kier alpha value is -1.62. The molecule has 0 aromatic carbocycles. The van der Waals surface area contributed by atoms with E-state index in [2.05, 4.69) is 0 Å². The highest BCUT2D eigenvalue weighted by molar-refractivity contribution is 5.82. The highest BCUT2D eigenvalue weighted by Crippen LogP contribution is 2.30. The molecule has 0 spiro atoms. The molecule has 4 amide bonds. The van der Waals surface area contributed by atoms with Crippen LogP contribution in [0.3, 0.4) is 0 Å². The normalized spacial score (nSPS) is 24.7. The van der Waals surface area contributed by atoms with Gasteiger partial charge in [0.05, 0.1) is 6.04 Å². The standard InChI is InChI=1S/C13H24N4O6/c1-20-6-14-5-10-11(16(8-22-3)12(14)18)17(9-23-4)13(19)15(10)7-21-2/h10-11H,5-9H2,1-4H3. The second kappa shape index (κ2) is 7.77. The van der Waals surface area contributed by atoms with Gasteiger partial charge in [0.25, 0.3) is 0 Å². The minimum absolute atomic E-state index is 0.0640. The van der Waals surface area contributed by atoms with E-state index in [1.165, 1.54) is 43.1 Å². The topological polar surface area (TPSA) is 84.0 Å². The van der Waals surface area contributed by atoms with Gasteiger partial charge < -0.3 is 18.9 Å². The summed E-state index contributed by atoms with van der Waals surface area (Å²) in [5.41, 5.74) is 0. The Bertz CT molecular complexity index is 435. The van der Waals surface area contributed by atoms with E-state index in [0.29, 0.717) is 6.54 Å². The van der Waals surface area contributed by atoms with Crippen molar-refractivity contribution >= 4 is 12.1 Å². The Morgan fingerprint density at radius 3 is 1.78 bits per heavy atom. The number of carbonyl (C=O) groups is 2. The van der Waals surface area contributed by atoms with E-state index in [9.17, 15) is 9.59 Å². The molecule has 2 rings (SSSR count). The summed E-state index contributed by atoms with van der Waals surface area (Å²) in [5.74, 6) is 0. The van der Waals surface area contributed by atoms with E-state index in [4.69, 9.17) is 18.9 Å². The lowest BCUT2D eigenvalue weighted by molar-refractivity contribution is -0.0657. The molecular formula is C13H24N4O6. The molecule has 10 heteroatoms. The van der Waals surface area contributed by atoms with Gasteiger partial charge in [-0.3, -0.25) is 19.6 Å². The third kappa shape index (κ3) is 3.20. The van der Waals surface area contributed by atoms with Gasteiger partial charge in [0.1, 0.15) is 33.1 Å². The second-order valence-corrected chi connectivity index (χ2v) is 5.35. The molecule has 2 saturated heterocycles. The third-order valence-corrected chi connectivity index (χ3v) is 3.89. The summed E-state index contributed by atoms with van der Waals surface area (Å²) in [6, 6.07) is -0.749. The van der Waals surface area contributed by atoms with Crippen LogP contribution >= 0.6 is 0 Å². The van der Waals surface area contributed by atoms with E-state index >= 15 is 0 Å². The van der Waals surface area contributed by atoms with Crippen LogP contribution in [0.25, 0.3) is 0 Å². The van der Waals surface area contributed by atoms with Crippen LogP contribution in [-0.2, 0) is 18.9 Å². The molecule has 0 bridgehead atoms. The largest absolute Gasteiger partial charge is 0.364 e. The second-order valence-electron chi connectivity index (χ2n) is 5.35. The van der Waals surface area contributed by atoms with Crippen molar-refractivity contribution in [2.45, 2.75) is 12.2 Å². The van der Waals surface area contributed by atoms with Crippen molar-refractivity contribution in [1.29, 1.82) is 0 Å². The van der Waals surface area contributed by atoms with E-state index in [-0.39, 0.29) is 45.0 Å². The first-order valence-corrected chi connectivity index (χ1v) is 7.19. The zero-order chi connectivity index (χ0) is 17.0. The fraction of sp³-hybridized carbons (Fsp3) is 0.846. The molecule has 0 saturated carbocycles. The molecule has 2 unspecified atom stereocenters. The van der Waals surface area contributed by atoms with Gasteiger partial charge in [0.15, 0.2) is 0 Å². The number of carbonyl (C=O) groups excluding carboxylic acids is 2. The number of nitrogens with zero attached hydrogens (tertiary/aromatic N) is 4. The molecule has 0 aliphatic carbocycles. The highest BCUT2D eigenvalue weighted by atomic mass is 16.5. The molecule has 2 aliphatic rings. The average molecular weight is 332 g/mol. The number of rotatable bonds is 8. The number of fused-ring (bicyclic) bond motifs is 1. The van der Waals surface area contributed by atoms with Crippen LogP contribution in [0, 0.1) is 0 Å². The SMILES string of the molecule is COCN1CC2C(N(COC)C1=O)N(COC)C(=O)N2COC. The number of methoxy groups -OCH3 is 4. The first kappa shape index (κ1) is 17.7. The van der Waals surface area contributed by atoms with Gasteiger partial charge in [0, 0.05) is 35.0 Å². The fourth-order valence-corrected chi connectivity index (χ4v) is 3.05. The van der Waals surface area contributed by atoms with Crippen molar-refractivity contribution < 1.29 is 28.5 Å². The van der Waals surface area contributed by atoms with Crippen LogP contribution in [0.1, 0.15) is 0 Å². The maximum atomic E-state index is 12.6. The Balaban J connectivity index is 2.34. The van der Waals surface area contributed by atoms with Crippen molar-refractivity contribution in [3.05, 3.63) is 0 Å². The smallest absolute Gasteiger partial charge is 0.325 e. The summed E-state index contributed by atoms with van der Waals surface area (Å²) in [5, 5.41) is 0. The van der Waals surface area contributed by atoms with Gasteiger partial charge in [0.2, 0.25) is 0 Å². The molecular weight excluding hydrogens is 308 g/mol. The molecule has 2 heterocycles. The lowest BCUT2D eigenvalue weighted by atomic mass is 10.1. The Labute approximate surface area is 135 Å². The lowest BCUT2D eigenvalue weighted by Gasteiger charge is -2.44. The van der Waals surface area contributed by atoms with Crippen molar-refractivity contribution in [3.8, 4) is 0 Å². The monoisotopic (exact) mass is 332 g/mol.